The van der Waals surface area contributed by atoms with Gasteiger partial charge in [-0.25, -0.2) is 4.79 Å². The Kier molecular flexibility index (Phi) is 4.75. The number of aromatic hydroxyl groups is 1. The largest absolute Gasteiger partial charge is 0.507 e. The van der Waals surface area contributed by atoms with E-state index in [2.05, 4.69) is 10.3 Å². The van der Waals surface area contributed by atoms with Gasteiger partial charge in [0.15, 0.2) is 5.66 Å². The maximum Gasteiger partial charge on any atom is 0.329 e. The Bertz CT molecular complexity index is 759. The van der Waals surface area contributed by atoms with Crippen molar-refractivity contribution in [3.8, 4) is 5.75 Å². The smallest absolute Gasteiger partial charge is 0.329 e. The lowest BCUT2D eigenvalue weighted by molar-refractivity contribution is -0.136. The monoisotopic (exact) mass is 358 g/mol. The minimum Gasteiger partial charge on any atom is -0.507 e. The summed E-state index contributed by atoms with van der Waals surface area (Å²) in [5.41, 5.74) is 0.0562. The molecule has 1 spiro atoms. The maximum absolute atomic E-state index is 13.3. The van der Waals surface area contributed by atoms with Gasteiger partial charge in [-0.2, -0.15) is 0 Å². The first-order chi connectivity index (χ1) is 12.3. The van der Waals surface area contributed by atoms with E-state index >= 15 is 0 Å². The van der Waals surface area contributed by atoms with Crippen molar-refractivity contribution in [3.05, 3.63) is 29.8 Å². The average molecular weight is 358 g/mol. The van der Waals surface area contributed by atoms with Gasteiger partial charge >= 0.3 is 6.03 Å². The third-order valence-electron chi connectivity index (χ3n) is 4.90. The predicted molar refractivity (Wildman–Crippen MR) is 99.2 cm³/mol. The molecule has 2 aliphatic heterocycles. The summed E-state index contributed by atoms with van der Waals surface area (Å²) in [6.45, 7) is 8.43. The SMILES string of the molecule is CC(C)N1C(=O)N(C(C)C)C2(CC(c3ccccc3O)=NCCN2)C1=O. The number of imide groups is 1. The van der Waals surface area contributed by atoms with Crippen LogP contribution in [0.5, 0.6) is 5.75 Å². The molecule has 2 heterocycles. The molecule has 140 valence electrons. The van der Waals surface area contributed by atoms with Crippen molar-refractivity contribution in [2.24, 2.45) is 4.99 Å². The van der Waals surface area contributed by atoms with Crippen LogP contribution < -0.4 is 5.32 Å². The number of benzene rings is 1. The van der Waals surface area contributed by atoms with Gasteiger partial charge in [0, 0.05) is 30.6 Å². The van der Waals surface area contributed by atoms with Crippen LogP contribution in [0.1, 0.15) is 39.7 Å². The summed E-state index contributed by atoms with van der Waals surface area (Å²) in [5.74, 6) is -0.131. The summed E-state index contributed by atoms with van der Waals surface area (Å²) in [4.78, 5) is 33.9. The number of amides is 3. The van der Waals surface area contributed by atoms with Crippen LogP contribution in [0, 0.1) is 0 Å². The Labute approximate surface area is 153 Å². The fourth-order valence-electron chi connectivity index (χ4n) is 3.82. The lowest BCUT2D eigenvalue weighted by Gasteiger charge is -2.37. The highest BCUT2D eigenvalue weighted by molar-refractivity contribution is 6.12. The molecular formula is C19H26N4O3. The summed E-state index contributed by atoms with van der Waals surface area (Å²) in [6, 6.07) is 6.28. The second-order valence-corrected chi connectivity index (χ2v) is 7.32. The normalized spacial score (nSPS) is 24.0. The van der Waals surface area contributed by atoms with E-state index in [4.69, 9.17) is 0 Å². The molecule has 7 heteroatoms. The van der Waals surface area contributed by atoms with E-state index in [0.717, 1.165) is 0 Å². The number of hydrogen-bond acceptors (Lipinski definition) is 5. The maximum atomic E-state index is 13.3. The molecule has 0 saturated carbocycles. The van der Waals surface area contributed by atoms with Gasteiger partial charge in [0.2, 0.25) is 0 Å². The van der Waals surface area contributed by atoms with Crippen molar-refractivity contribution in [1.29, 1.82) is 0 Å². The van der Waals surface area contributed by atoms with E-state index in [1.165, 1.54) is 4.90 Å². The topological polar surface area (TPSA) is 85.2 Å². The first kappa shape index (κ1) is 18.4. The van der Waals surface area contributed by atoms with Crippen LogP contribution in [0.25, 0.3) is 0 Å². The third-order valence-corrected chi connectivity index (χ3v) is 4.90. The number of nitrogens with zero attached hydrogens (tertiary/aromatic N) is 3. The lowest BCUT2D eigenvalue weighted by Crippen LogP contribution is -2.63. The molecule has 3 amide bonds. The van der Waals surface area contributed by atoms with E-state index in [1.54, 1.807) is 23.1 Å². The van der Waals surface area contributed by atoms with E-state index in [9.17, 15) is 14.7 Å². The first-order valence-electron chi connectivity index (χ1n) is 9.03. The molecule has 1 aromatic carbocycles. The van der Waals surface area contributed by atoms with E-state index in [0.29, 0.717) is 24.4 Å². The van der Waals surface area contributed by atoms with Crippen molar-refractivity contribution in [3.63, 3.8) is 0 Å². The Hall–Kier alpha value is -2.41. The Morgan fingerprint density at radius 3 is 2.46 bits per heavy atom. The predicted octanol–water partition coefficient (Wildman–Crippen LogP) is 1.95. The van der Waals surface area contributed by atoms with E-state index in [-0.39, 0.29) is 36.2 Å². The summed E-state index contributed by atoms with van der Waals surface area (Å²) in [7, 11) is 0. The number of hydrogen-bond donors (Lipinski definition) is 2. The molecule has 2 aliphatic rings. The van der Waals surface area contributed by atoms with Crippen molar-refractivity contribution in [2.75, 3.05) is 13.1 Å². The number of carbonyl (C=O) groups excluding carboxylic acids is 2. The zero-order chi connectivity index (χ0) is 19.1. The second-order valence-electron chi connectivity index (χ2n) is 7.32. The van der Waals surface area contributed by atoms with Crippen LogP contribution in [0.15, 0.2) is 29.3 Å². The van der Waals surface area contributed by atoms with Crippen molar-refractivity contribution >= 4 is 17.6 Å². The Morgan fingerprint density at radius 2 is 1.85 bits per heavy atom. The molecule has 1 unspecified atom stereocenters. The fourth-order valence-corrected chi connectivity index (χ4v) is 3.82. The summed E-state index contributed by atoms with van der Waals surface area (Å²) in [6.07, 6.45) is 0.219. The molecule has 2 N–H and O–H groups in total. The first-order valence-corrected chi connectivity index (χ1v) is 9.03. The highest BCUT2D eigenvalue weighted by Crippen LogP contribution is 2.35. The number of nitrogens with one attached hydrogen (secondary N) is 1. The van der Waals surface area contributed by atoms with E-state index in [1.807, 2.05) is 33.8 Å². The number of phenolic OH excluding ortho intramolecular Hbond substituents is 1. The number of urea groups is 1. The van der Waals surface area contributed by atoms with Crippen LogP contribution in [-0.4, -0.2) is 63.4 Å². The Balaban J connectivity index is 2.09. The molecule has 0 aliphatic carbocycles. The number of rotatable bonds is 3. The van der Waals surface area contributed by atoms with Gasteiger partial charge in [-0.1, -0.05) is 12.1 Å². The molecular weight excluding hydrogens is 332 g/mol. The summed E-state index contributed by atoms with van der Waals surface area (Å²) in [5, 5.41) is 13.5. The van der Waals surface area contributed by atoms with Crippen molar-refractivity contribution < 1.29 is 14.7 Å². The highest BCUT2D eigenvalue weighted by atomic mass is 16.3. The lowest BCUT2D eigenvalue weighted by atomic mass is 9.94. The Morgan fingerprint density at radius 1 is 1.15 bits per heavy atom. The van der Waals surface area contributed by atoms with Gasteiger partial charge < -0.3 is 5.11 Å². The molecule has 7 nitrogen and oxygen atoms in total. The van der Waals surface area contributed by atoms with Crippen LogP contribution in [0.3, 0.4) is 0 Å². The minimum absolute atomic E-state index is 0.122. The molecule has 3 rings (SSSR count). The number of aliphatic imine (C=N–C) groups is 1. The van der Waals surface area contributed by atoms with Gasteiger partial charge in [-0.3, -0.25) is 24.9 Å². The summed E-state index contributed by atoms with van der Waals surface area (Å²) < 4.78 is 0. The molecule has 1 aromatic rings. The molecule has 0 radical (unpaired) electrons. The van der Waals surface area contributed by atoms with Gasteiger partial charge in [0.05, 0.1) is 12.3 Å². The standard InChI is InChI=1S/C19H26N4O3/c1-12(2)22-17(25)19(23(13(3)4)18(22)26)11-15(20-9-10-21-19)14-7-5-6-8-16(14)24/h5-8,12-13,21,24H,9-11H2,1-4H3. The van der Waals surface area contributed by atoms with Crippen LogP contribution in [-0.2, 0) is 4.79 Å². The van der Waals surface area contributed by atoms with Gasteiger partial charge in [-0.15, -0.1) is 0 Å². The molecule has 1 saturated heterocycles. The van der Waals surface area contributed by atoms with Gasteiger partial charge in [0.25, 0.3) is 5.91 Å². The summed E-state index contributed by atoms with van der Waals surface area (Å²) >= 11 is 0. The van der Waals surface area contributed by atoms with Crippen molar-refractivity contribution in [1.82, 2.24) is 15.1 Å². The van der Waals surface area contributed by atoms with Crippen LogP contribution in [0.4, 0.5) is 4.79 Å². The fraction of sp³-hybridized carbons (Fsp3) is 0.526. The number of carbonyl (C=O) groups is 2. The third kappa shape index (κ3) is 2.76. The molecule has 1 atom stereocenters. The van der Waals surface area contributed by atoms with E-state index < -0.39 is 5.66 Å². The quantitative estimate of drug-likeness (QED) is 0.809. The number of phenols is 1. The molecule has 26 heavy (non-hydrogen) atoms. The highest BCUT2D eigenvalue weighted by Gasteiger charge is 2.59. The molecule has 0 aromatic heterocycles. The second kappa shape index (κ2) is 6.72. The zero-order valence-electron chi connectivity index (χ0n) is 15.7. The minimum atomic E-state index is -1.17. The zero-order valence-corrected chi connectivity index (χ0v) is 15.7. The van der Waals surface area contributed by atoms with Crippen LogP contribution >= 0.6 is 0 Å². The van der Waals surface area contributed by atoms with Crippen molar-refractivity contribution in [2.45, 2.75) is 51.9 Å². The average Bonchev–Trinajstić information content (AvgIpc) is 2.70. The van der Waals surface area contributed by atoms with Crippen LogP contribution in [0.2, 0.25) is 0 Å². The van der Waals surface area contributed by atoms with Gasteiger partial charge in [0.1, 0.15) is 5.75 Å². The van der Waals surface area contributed by atoms with Gasteiger partial charge in [-0.05, 0) is 39.8 Å². The molecule has 1 fully saturated rings. The number of para-hydroxylation sites is 1. The molecule has 0 bridgehead atoms.